The molecule has 3 aromatic rings. The van der Waals surface area contributed by atoms with Gasteiger partial charge in [0.2, 0.25) is 5.91 Å². The first kappa shape index (κ1) is 21.7. The molecule has 4 N–H and O–H groups in total. The molecule has 2 heterocycles. The molecule has 1 aromatic carbocycles. The fourth-order valence-electron chi connectivity index (χ4n) is 2.74. The molecule has 0 saturated carbocycles. The largest absolute Gasteiger partial charge is 0.368 e. The van der Waals surface area contributed by atoms with Gasteiger partial charge >= 0.3 is 0 Å². The summed E-state index contributed by atoms with van der Waals surface area (Å²) in [4.78, 5) is 36.2. The summed E-state index contributed by atoms with van der Waals surface area (Å²) in [6.07, 6.45) is 3.15. The smallest absolute Gasteiger partial charge is 0.252 e. The molecule has 0 aliphatic heterocycles. The van der Waals surface area contributed by atoms with E-state index in [1.807, 2.05) is 30.3 Å². The minimum atomic E-state index is -0.178. The van der Waals surface area contributed by atoms with Gasteiger partial charge in [-0.25, -0.2) is 9.97 Å². The topological polar surface area (TPSA) is 121 Å². The van der Waals surface area contributed by atoms with E-state index in [-0.39, 0.29) is 11.8 Å². The summed E-state index contributed by atoms with van der Waals surface area (Å²) >= 11 is 0. The van der Waals surface area contributed by atoms with E-state index in [0.717, 1.165) is 5.56 Å². The maximum Gasteiger partial charge on any atom is 0.252 e. The number of carbonyl (C=O) groups is 2. The molecular weight excluding hydrogens is 394 g/mol. The standard InChI is InChI=1S/C22H25N7O2/c1-16(30)24-10-11-25-19-14-20(29-21(28-19)17-6-3-2-4-7-17)26-12-13-27-22(31)18-8-5-9-23-15-18/h2-9,14-15H,10-13H2,1H3,(H,24,30)(H,27,31)(H2,25,26,28,29). The molecule has 0 fully saturated rings. The minimum Gasteiger partial charge on any atom is -0.368 e. The molecule has 2 amide bonds. The van der Waals surface area contributed by atoms with Gasteiger partial charge in [-0.2, -0.15) is 0 Å². The summed E-state index contributed by atoms with van der Waals surface area (Å²) in [5, 5.41) is 12.0. The van der Waals surface area contributed by atoms with Gasteiger partial charge in [-0.1, -0.05) is 30.3 Å². The fraction of sp³-hybridized carbons (Fsp3) is 0.227. The molecule has 0 saturated heterocycles. The number of hydrogen-bond acceptors (Lipinski definition) is 7. The quantitative estimate of drug-likeness (QED) is 0.371. The summed E-state index contributed by atoms with van der Waals surface area (Å²) in [7, 11) is 0. The van der Waals surface area contributed by atoms with Crippen LogP contribution in [0.3, 0.4) is 0 Å². The monoisotopic (exact) mass is 419 g/mol. The van der Waals surface area contributed by atoms with Crippen LogP contribution < -0.4 is 21.3 Å². The Bertz CT molecular complexity index is 997. The molecule has 9 nitrogen and oxygen atoms in total. The highest BCUT2D eigenvalue weighted by molar-refractivity contribution is 5.93. The van der Waals surface area contributed by atoms with Crippen molar-refractivity contribution >= 4 is 23.5 Å². The maximum absolute atomic E-state index is 12.1. The zero-order chi connectivity index (χ0) is 21.9. The first-order valence-corrected chi connectivity index (χ1v) is 9.97. The highest BCUT2D eigenvalue weighted by atomic mass is 16.2. The zero-order valence-electron chi connectivity index (χ0n) is 17.3. The molecule has 0 aliphatic rings. The lowest BCUT2D eigenvalue weighted by Crippen LogP contribution is -2.29. The number of nitrogens with zero attached hydrogens (tertiary/aromatic N) is 3. The Morgan fingerprint density at radius 1 is 0.839 bits per heavy atom. The number of nitrogens with one attached hydrogen (secondary N) is 4. The summed E-state index contributed by atoms with van der Waals surface area (Å²) in [5.41, 5.74) is 1.41. The first-order valence-electron chi connectivity index (χ1n) is 9.97. The molecule has 9 heteroatoms. The molecule has 3 rings (SSSR count). The van der Waals surface area contributed by atoms with Crippen molar-refractivity contribution in [2.45, 2.75) is 6.92 Å². The third-order valence-electron chi connectivity index (χ3n) is 4.20. The Morgan fingerprint density at radius 2 is 1.52 bits per heavy atom. The normalized spacial score (nSPS) is 10.2. The average molecular weight is 419 g/mol. The Kier molecular flexibility index (Phi) is 7.87. The van der Waals surface area contributed by atoms with Crippen LogP contribution in [0, 0.1) is 0 Å². The predicted molar refractivity (Wildman–Crippen MR) is 120 cm³/mol. The number of amides is 2. The van der Waals surface area contributed by atoms with E-state index in [9.17, 15) is 9.59 Å². The van der Waals surface area contributed by atoms with Gasteiger partial charge in [0, 0.05) is 57.1 Å². The van der Waals surface area contributed by atoms with E-state index in [2.05, 4.69) is 36.2 Å². The van der Waals surface area contributed by atoms with Gasteiger partial charge in [-0.05, 0) is 12.1 Å². The maximum atomic E-state index is 12.1. The molecule has 0 bridgehead atoms. The third-order valence-corrected chi connectivity index (χ3v) is 4.20. The SMILES string of the molecule is CC(=O)NCCNc1cc(NCCNC(=O)c2cccnc2)nc(-c2ccccc2)n1. The van der Waals surface area contributed by atoms with Crippen LogP contribution in [-0.2, 0) is 4.79 Å². The number of aromatic nitrogens is 3. The van der Waals surface area contributed by atoms with E-state index in [4.69, 9.17) is 0 Å². The van der Waals surface area contributed by atoms with Crippen LogP contribution in [0.15, 0.2) is 60.9 Å². The van der Waals surface area contributed by atoms with E-state index in [0.29, 0.717) is 49.2 Å². The number of hydrogen-bond donors (Lipinski definition) is 4. The molecule has 31 heavy (non-hydrogen) atoms. The lowest BCUT2D eigenvalue weighted by Gasteiger charge is -2.12. The molecular formula is C22H25N7O2. The number of anilines is 2. The predicted octanol–water partition coefficient (Wildman–Crippen LogP) is 1.93. The highest BCUT2D eigenvalue weighted by Crippen LogP contribution is 2.19. The van der Waals surface area contributed by atoms with E-state index in [1.165, 1.54) is 13.1 Å². The van der Waals surface area contributed by atoms with Crippen LogP contribution in [-0.4, -0.2) is 52.9 Å². The van der Waals surface area contributed by atoms with Crippen LogP contribution in [0.1, 0.15) is 17.3 Å². The lowest BCUT2D eigenvalue weighted by atomic mass is 10.2. The average Bonchev–Trinajstić information content (AvgIpc) is 2.80. The van der Waals surface area contributed by atoms with Crippen molar-refractivity contribution < 1.29 is 9.59 Å². The van der Waals surface area contributed by atoms with Gasteiger partial charge in [0.05, 0.1) is 5.56 Å². The minimum absolute atomic E-state index is 0.0786. The summed E-state index contributed by atoms with van der Waals surface area (Å²) in [6.45, 7) is 3.41. The zero-order valence-corrected chi connectivity index (χ0v) is 17.3. The second kappa shape index (κ2) is 11.2. The van der Waals surface area contributed by atoms with Crippen molar-refractivity contribution in [3.8, 4) is 11.4 Å². The Morgan fingerprint density at radius 3 is 2.13 bits per heavy atom. The Balaban J connectivity index is 1.61. The molecule has 160 valence electrons. The van der Waals surface area contributed by atoms with Crippen LogP contribution in [0.25, 0.3) is 11.4 Å². The molecule has 0 spiro atoms. The van der Waals surface area contributed by atoms with E-state index >= 15 is 0 Å². The number of benzene rings is 1. The summed E-state index contributed by atoms with van der Waals surface area (Å²) in [6, 6.07) is 14.9. The molecule has 0 atom stereocenters. The lowest BCUT2D eigenvalue weighted by molar-refractivity contribution is -0.118. The van der Waals surface area contributed by atoms with Gasteiger partial charge in [-0.15, -0.1) is 0 Å². The van der Waals surface area contributed by atoms with Crippen molar-refractivity contribution in [3.63, 3.8) is 0 Å². The summed E-state index contributed by atoms with van der Waals surface area (Å²) < 4.78 is 0. The van der Waals surface area contributed by atoms with Crippen molar-refractivity contribution in [1.82, 2.24) is 25.6 Å². The second-order valence-corrected chi connectivity index (χ2v) is 6.66. The van der Waals surface area contributed by atoms with Crippen molar-refractivity contribution in [3.05, 3.63) is 66.5 Å². The fourth-order valence-corrected chi connectivity index (χ4v) is 2.74. The molecule has 2 aromatic heterocycles. The Hall–Kier alpha value is -4.01. The van der Waals surface area contributed by atoms with Gasteiger partial charge in [0.25, 0.3) is 5.91 Å². The van der Waals surface area contributed by atoms with Crippen LogP contribution >= 0.6 is 0 Å². The first-order chi connectivity index (χ1) is 15.1. The molecule has 0 unspecified atom stereocenters. The second-order valence-electron chi connectivity index (χ2n) is 6.66. The third kappa shape index (κ3) is 7.07. The van der Waals surface area contributed by atoms with Crippen molar-refractivity contribution in [1.29, 1.82) is 0 Å². The van der Waals surface area contributed by atoms with Crippen LogP contribution in [0.5, 0.6) is 0 Å². The summed E-state index contributed by atoms with van der Waals surface area (Å²) in [5.74, 6) is 1.59. The van der Waals surface area contributed by atoms with E-state index < -0.39 is 0 Å². The van der Waals surface area contributed by atoms with Crippen molar-refractivity contribution in [2.75, 3.05) is 36.8 Å². The van der Waals surface area contributed by atoms with Gasteiger partial charge < -0.3 is 21.3 Å². The number of rotatable bonds is 10. The van der Waals surface area contributed by atoms with Crippen LogP contribution in [0.2, 0.25) is 0 Å². The molecule has 0 radical (unpaired) electrons. The van der Waals surface area contributed by atoms with Gasteiger partial charge in [0.1, 0.15) is 11.6 Å². The van der Waals surface area contributed by atoms with Gasteiger partial charge in [-0.3, -0.25) is 14.6 Å². The van der Waals surface area contributed by atoms with Crippen molar-refractivity contribution in [2.24, 2.45) is 0 Å². The Labute approximate surface area is 180 Å². The number of carbonyl (C=O) groups excluding carboxylic acids is 2. The van der Waals surface area contributed by atoms with E-state index in [1.54, 1.807) is 24.4 Å². The molecule has 0 aliphatic carbocycles. The van der Waals surface area contributed by atoms with Gasteiger partial charge in [0.15, 0.2) is 5.82 Å². The van der Waals surface area contributed by atoms with Crippen LogP contribution in [0.4, 0.5) is 11.6 Å². The number of pyridine rings is 1. The highest BCUT2D eigenvalue weighted by Gasteiger charge is 2.08.